The van der Waals surface area contributed by atoms with Gasteiger partial charge in [-0.25, -0.2) is 0 Å². The predicted octanol–water partition coefficient (Wildman–Crippen LogP) is 3.13. The van der Waals surface area contributed by atoms with E-state index in [0.717, 1.165) is 16.3 Å². The number of ether oxygens (including phenoxy) is 1. The van der Waals surface area contributed by atoms with Crippen LogP contribution in [0.1, 0.15) is 33.3 Å². The van der Waals surface area contributed by atoms with Gasteiger partial charge < -0.3 is 19.8 Å². The van der Waals surface area contributed by atoms with Crippen LogP contribution in [-0.4, -0.2) is 53.7 Å². The summed E-state index contributed by atoms with van der Waals surface area (Å²) >= 11 is 0. The first-order valence-electron chi connectivity index (χ1n) is 9.71. The number of hydrogen-bond acceptors (Lipinski definition) is 6. The van der Waals surface area contributed by atoms with Gasteiger partial charge in [0.15, 0.2) is 12.4 Å². The van der Waals surface area contributed by atoms with E-state index in [1.807, 2.05) is 63.2 Å². The Hall–Kier alpha value is -2.28. The molecule has 2 aromatic carbocycles. The Labute approximate surface area is 172 Å². The monoisotopic (exact) mass is 401 g/mol. The largest absolute Gasteiger partial charge is 0.390 e. The number of Topliss-reactive ketones (excluding diaryl/α,β-unsaturated/α-hetero) is 1. The second-order valence-electron chi connectivity index (χ2n) is 8.35. The minimum atomic E-state index is -1.25. The van der Waals surface area contributed by atoms with Crippen molar-refractivity contribution in [3.05, 3.63) is 48.0 Å². The van der Waals surface area contributed by atoms with Crippen molar-refractivity contribution >= 4 is 22.3 Å². The number of aliphatic hydroxyl groups is 2. The van der Waals surface area contributed by atoms with Crippen molar-refractivity contribution < 1.29 is 24.6 Å². The number of hydrogen-bond donors (Lipinski definition) is 2. The number of ketones is 1. The Bertz CT molecular complexity index is 854. The zero-order chi connectivity index (χ0) is 21.6. The van der Waals surface area contributed by atoms with Crippen LogP contribution in [0.25, 0.3) is 10.8 Å². The number of fused-ring (bicyclic) bond motifs is 1. The zero-order valence-electron chi connectivity index (χ0n) is 17.8. The molecule has 2 N–H and O–H groups in total. The molecule has 0 amide bonds. The molecule has 3 atom stereocenters. The first-order valence-corrected chi connectivity index (χ1v) is 9.71. The third kappa shape index (κ3) is 6.35. The van der Waals surface area contributed by atoms with Crippen LogP contribution in [0, 0.1) is 5.41 Å². The highest BCUT2D eigenvalue weighted by molar-refractivity contribution is 5.93. The minimum absolute atomic E-state index is 0.139. The molecule has 2 aromatic rings. The quantitative estimate of drug-likeness (QED) is 0.498. The Kier molecular flexibility index (Phi) is 7.90. The van der Waals surface area contributed by atoms with Crippen molar-refractivity contribution in [3.63, 3.8) is 0 Å². The van der Waals surface area contributed by atoms with Gasteiger partial charge in [-0.15, -0.1) is 0 Å². The molecule has 0 aliphatic carbocycles. The van der Waals surface area contributed by atoms with E-state index < -0.39 is 18.3 Å². The number of benzene rings is 2. The van der Waals surface area contributed by atoms with Crippen LogP contribution in [0.5, 0.6) is 0 Å². The van der Waals surface area contributed by atoms with Crippen LogP contribution < -0.4 is 0 Å². The van der Waals surface area contributed by atoms with Crippen molar-refractivity contribution in [2.24, 2.45) is 10.6 Å². The van der Waals surface area contributed by atoms with Crippen molar-refractivity contribution in [1.29, 1.82) is 0 Å². The summed E-state index contributed by atoms with van der Waals surface area (Å²) in [7, 11) is 1.51. The SMILES string of the molecule is CO[C@H](/C(=N/OCC(=O)Cc1ccc2ccccc2c1)[C@@H](O)[C@@H](C)O)C(C)(C)C. The van der Waals surface area contributed by atoms with Gasteiger partial charge in [-0.2, -0.15) is 0 Å². The minimum Gasteiger partial charge on any atom is -0.390 e. The molecule has 158 valence electrons. The molecule has 0 saturated carbocycles. The number of carbonyl (C=O) groups is 1. The molecule has 0 aromatic heterocycles. The van der Waals surface area contributed by atoms with Crippen molar-refractivity contribution in [3.8, 4) is 0 Å². The highest BCUT2D eigenvalue weighted by Gasteiger charge is 2.35. The maximum atomic E-state index is 12.3. The second kappa shape index (κ2) is 9.96. The van der Waals surface area contributed by atoms with Gasteiger partial charge in [0, 0.05) is 13.5 Å². The van der Waals surface area contributed by atoms with Crippen molar-refractivity contribution in [2.45, 2.75) is 52.4 Å². The summed E-state index contributed by atoms with van der Waals surface area (Å²) < 4.78 is 5.48. The van der Waals surface area contributed by atoms with Crippen LogP contribution in [0.4, 0.5) is 0 Å². The van der Waals surface area contributed by atoms with E-state index in [4.69, 9.17) is 9.57 Å². The number of rotatable bonds is 9. The molecule has 0 heterocycles. The molecule has 0 radical (unpaired) electrons. The zero-order valence-corrected chi connectivity index (χ0v) is 17.8. The summed E-state index contributed by atoms with van der Waals surface area (Å²) in [6, 6.07) is 13.9. The van der Waals surface area contributed by atoms with E-state index in [2.05, 4.69) is 5.16 Å². The molecule has 0 bridgehead atoms. The number of nitrogens with zero attached hydrogens (tertiary/aromatic N) is 1. The van der Waals surface area contributed by atoms with Crippen LogP contribution in [0.3, 0.4) is 0 Å². The lowest BCUT2D eigenvalue weighted by molar-refractivity contribution is -0.123. The molecule has 0 aliphatic heterocycles. The average Bonchev–Trinajstić information content (AvgIpc) is 2.65. The van der Waals surface area contributed by atoms with E-state index in [9.17, 15) is 15.0 Å². The number of carbonyl (C=O) groups excluding carboxylic acids is 1. The number of methoxy groups -OCH3 is 1. The Morgan fingerprint density at radius 3 is 2.34 bits per heavy atom. The lowest BCUT2D eigenvalue weighted by atomic mass is 9.83. The molecule has 0 fully saturated rings. The van der Waals surface area contributed by atoms with Crippen LogP contribution in [0.15, 0.2) is 47.6 Å². The average molecular weight is 402 g/mol. The molecule has 6 heteroatoms. The molecular weight excluding hydrogens is 370 g/mol. The molecule has 0 aliphatic rings. The summed E-state index contributed by atoms with van der Waals surface area (Å²) in [5, 5.41) is 26.3. The van der Waals surface area contributed by atoms with Crippen LogP contribution in [-0.2, 0) is 20.8 Å². The Morgan fingerprint density at radius 1 is 1.10 bits per heavy atom. The molecule has 29 heavy (non-hydrogen) atoms. The molecule has 0 unspecified atom stereocenters. The molecule has 2 rings (SSSR count). The van der Waals surface area contributed by atoms with Crippen LogP contribution >= 0.6 is 0 Å². The maximum Gasteiger partial charge on any atom is 0.177 e. The Balaban J connectivity index is 2.07. The van der Waals surface area contributed by atoms with E-state index in [1.54, 1.807) is 0 Å². The second-order valence-corrected chi connectivity index (χ2v) is 8.35. The lowest BCUT2D eigenvalue weighted by Crippen LogP contribution is -2.46. The van der Waals surface area contributed by atoms with Crippen LogP contribution in [0.2, 0.25) is 0 Å². The summed E-state index contributed by atoms with van der Waals surface area (Å²) in [6.45, 7) is 7.01. The molecule has 0 saturated heterocycles. The fourth-order valence-corrected chi connectivity index (χ4v) is 3.23. The summed E-state index contributed by atoms with van der Waals surface area (Å²) in [4.78, 5) is 17.6. The molecular formula is C23H31NO5. The topological polar surface area (TPSA) is 88.4 Å². The highest BCUT2D eigenvalue weighted by Crippen LogP contribution is 2.25. The first kappa shape index (κ1) is 23.0. The Morgan fingerprint density at radius 2 is 1.76 bits per heavy atom. The summed E-state index contributed by atoms with van der Waals surface area (Å²) in [6.07, 6.45) is -2.66. The van der Waals surface area contributed by atoms with Gasteiger partial charge in [0.25, 0.3) is 0 Å². The highest BCUT2D eigenvalue weighted by atomic mass is 16.6. The third-order valence-corrected chi connectivity index (χ3v) is 4.66. The molecule has 0 spiro atoms. The van der Waals surface area contributed by atoms with Crippen molar-refractivity contribution in [1.82, 2.24) is 0 Å². The number of oxime groups is 1. The van der Waals surface area contributed by atoms with E-state index >= 15 is 0 Å². The lowest BCUT2D eigenvalue weighted by Gasteiger charge is -2.32. The fraction of sp³-hybridized carbons (Fsp3) is 0.478. The summed E-state index contributed by atoms with van der Waals surface area (Å²) in [5.74, 6) is -0.139. The maximum absolute atomic E-state index is 12.3. The van der Waals surface area contributed by atoms with Gasteiger partial charge in [-0.05, 0) is 28.7 Å². The van der Waals surface area contributed by atoms with E-state index in [-0.39, 0.29) is 29.9 Å². The fourth-order valence-electron chi connectivity index (χ4n) is 3.23. The number of aliphatic hydroxyl groups excluding tert-OH is 2. The van der Waals surface area contributed by atoms with Gasteiger partial charge in [-0.3, -0.25) is 4.79 Å². The van der Waals surface area contributed by atoms with Gasteiger partial charge in [0.1, 0.15) is 17.9 Å². The molecule has 6 nitrogen and oxygen atoms in total. The summed E-state index contributed by atoms with van der Waals surface area (Å²) in [5.41, 5.74) is 0.672. The van der Waals surface area contributed by atoms with Gasteiger partial charge >= 0.3 is 0 Å². The van der Waals surface area contributed by atoms with Crippen molar-refractivity contribution in [2.75, 3.05) is 13.7 Å². The smallest absolute Gasteiger partial charge is 0.177 e. The standard InChI is InChI=1S/C23H31NO5/c1-15(25)21(27)20(22(28-5)23(2,3)4)24-29-14-19(26)13-16-10-11-17-8-6-7-9-18(17)12-16/h6-12,15,21-22,25,27H,13-14H2,1-5H3/b24-20+/t15-,21+,22-/m1/s1. The first-order chi connectivity index (χ1) is 13.6. The van der Waals surface area contributed by atoms with Gasteiger partial charge in [0.2, 0.25) is 0 Å². The third-order valence-electron chi connectivity index (χ3n) is 4.66. The predicted molar refractivity (Wildman–Crippen MR) is 114 cm³/mol. The van der Waals surface area contributed by atoms with E-state index in [0.29, 0.717) is 0 Å². The van der Waals surface area contributed by atoms with Gasteiger partial charge in [0.05, 0.1) is 6.10 Å². The normalized spacial score (nSPS) is 15.8. The van der Waals surface area contributed by atoms with Gasteiger partial charge in [-0.1, -0.05) is 68.4 Å². The van der Waals surface area contributed by atoms with E-state index in [1.165, 1.54) is 14.0 Å².